The normalized spacial score (nSPS) is 13.0. The second-order valence-electron chi connectivity index (χ2n) is 5.29. The average molecular weight is 297 g/mol. The third-order valence-corrected chi connectivity index (χ3v) is 3.92. The monoisotopic (exact) mass is 296 g/mol. The zero-order valence-electron chi connectivity index (χ0n) is 12.2. The molecule has 0 spiro atoms. The number of unbranched alkanes of at least 4 members (excludes halogenated alkanes) is 2. The lowest BCUT2D eigenvalue weighted by molar-refractivity contribution is 0.474. The Bertz CT molecular complexity index is 565. The highest BCUT2D eigenvalue weighted by molar-refractivity contribution is 6.17. The van der Waals surface area contributed by atoms with E-state index in [4.69, 9.17) is 11.6 Å². The van der Waals surface area contributed by atoms with Gasteiger partial charge in [-0.25, -0.2) is 9.37 Å². The molecule has 0 N–H and O–H groups in total. The molecule has 0 aliphatic heterocycles. The van der Waals surface area contributed by atoms with Crippen LogP contribution in [-0.4, -0.2) is 15.4 Å². The molecular formula is C16H22ClFN2. The molecule has 110 valence electrons. The van der Waals surface area contributed by atoms with E-state index in [1.165, 1.54) is 25.3 Å². The maximum atomic E-state index is 13.9. The lowest BCUT2D eigenvalue weighted by Crippen LogP contribution is -2.10. The van der Waals surface area contributed by atoms with E-state index in [1.807, 2.05) is 6.07 Å². The predicted octanol–water partition coefficient (Wildman–Crippen LogP) is 5.10. The van der Waals surface area contributed by atoms with Crippen molar-refractivity contribution in [2.24, 2.45) is 0 Å². The first kappa shape index (κ1) is 15.3. The zero-order chi connectivity index (χ0) is 14.5. The Labute approximate surface area is 125 Å². The number of aromatic nitrogens is 2. The van der Waals surface area contributed by atoms with Gasteiger partial charge in [0.05, 0.1) is 5.52 Å². The van der Waals surface area contributed by atoms with Gasteiger partial charge < -0.3 is 4.57 Å². The topological polar surface area (TPSA) is 17.8 Å². The number of halogens is 2. The molecule has 1 heterocycles. The van der Waals surface area contributed by atoms with Gasteiger partial charge in [-0.3, -0.25) is 0 Å². The molecule has 2 rings (SSSR count). The summed E-state index contributed by atoms with van der Waals surface area (Å²) in [5.74, 6) is 1.15. The van der Waals surface area contributed by atoms with Crippen LogP contribution in [0, 0.1) is 5.82 Å². The smallest absolute Gasteiger partial charge is 0.151 e. The van der Waals surface area contributed by atoms with Gasteiger partial charge in [0.2, 0.25) is 0 Å². The van der Waals surface area contributed by atoms with Crippen molar-refractivity contribution in [3.8, 4) is 0 Å². The molecule has 0 amide bonds. The first-order valence-corrected chi connectivity index (χ1v) is 7.93. The summed E-state index contributed by atoms with van der Waals surface area (Å²) in [6.45, 7) is 4.38. The molecule has 2 aromatic rings. The quantitative estimate of drug-likeness (QED) is 0.513. The van der Waals surface area contributed by atoms with Gasteiger partial charge in [0.15, 0.2) is 5.82 Å². The van der Waals surface area contributed by atoms with Crippen LogP contribution < -0.4 is 0 Å². The molecule has 4 heteroatoms. The summed E-state index contributed by atoms with van der Waals surface area (Å²) in [7, 11) is 0. The largest absolute Gasteiger partial charge is 0.325 e. The third kappa shape index (κ3) is 3.14. The average Bonchev–Trinajstić information content (AvgIpc) is 2.79. The van der Waals surface area contributed by atoms with E-state index in [-0.39, 0.29) is 5.82 Å². The summed E-state index contributed by atoms with van der Waals surface area (Å²) >= 11 is 5.86. The van der Waals surface area contributed by atoms with Crippen molar-refractivity contribution in [2.45, 2.75) is 52.0 Å². The van der Waals surface area contributed by atoms with Crippen LogP contribution in [0.15, 0.2) is 18.2 Å². The van der Waals surface area contributed by atoms with E-state index >= 15 is 0 Å². The van der Waals surface area contributed by atoms with Crippen molar-refractivity contribution in [2.75, 3.05) is 5.88 Å². The van der Waals surface area contributed by atoms with Crippen molar-refractivity contribution < 1.29 is 4.39 Å². The van der Waals surface area contributed by atoms with Gasteiger partial charge in [0.1, 0.15) is 11.3 Å². The molecule has 0 fully saturated rings. The fourth-order valence-corrected chi connectivity index (χ4v) is 2.87. The highest BCUT2D eigenvalue weighted by Gasteiger charge is 2.17. The number of alkyl halides is 1. The second-order valence-corrected chi connectivity index (χ2v) is 5.67. The van der Waals surface area contributed by atoms with Gasteiger partial charge in [0, 0.05) is 18.3 Å². The highest BCUT2D eigenvalue weighted by Crippen LogP contribution is 2.26. The molecule has 0 saturated carbocycles. The van der Waals surface area contributed by atoms with Crippen LogP contribution >= 0.6 is 11.6 Å². The number of rotatable bonds is 7. The summed E-state index contributed by atoms with van der Waals surface area (Å²) in [5, 5.41) is 0. The van der Waals surface area contributed by atoms with Crippen LogP contribution in [0.3, 0.4) is 0 Å². The van der Waals surface area contributed by atoms with Crippen LogP contribution in [0.25, 0.3) is 11.0 Å². The molecule has 0 aliphatic rings. The number of hydrogen-bond acceptors (Lipinski definition) is 1. The van der Waals surface area contributed by atoms with Crippen molar-refractivity contribution in [1.29, 1.82) is 0 Å². The maximum absolute atomic E-state index is 13.9. The minimum Gasteiger partial charge on any atom is -0.325 e. The van der Waals surface area contributed by atoms with Gasteiger partial charge >= 0.3 is 0 Å². The van der Waals surface area contributed by atoms with E-state index in [0.717, 1.165) is 17.8 Å². The fraction of sp³-hybridized carbons (Fsp3) is 0.562. The summed E-state index contributed by atoms with van der Waals surface area (Å²) in [5.41, 5.74) is 1.35. The number of nitrogens with zero attached hydrogens (tertiary/aromatic N) is 2. The number of fused-ring (bicyclic) bond motifs is 1. The summed E-state index contributed by atoms with van der Waals surface area (Å²) in [6, 6.07) is 5.48. The van der Waals surface area contributed by atoms with Crippen LogP contribution in [0.5, 0.6) is 0 Å². The fourth-order valence-electron chi connectivity index (χ4n) is 2.70. The van der Waals surface area contributed by atoms with Crippen molar-refractivity contribution >= 4 is 22.6 Å². The second kappa shape index (κ2) is 7.07. The van der Waals surface area contributed by atoms with E-state index < -0.39 is 0 Å². The van der Waals surface area contributed by atoms with Gasteiger partial charge in [-0.05, 0) is 25.5 Å². The molecule has 0 bridgehead atoms. The first-order chi connectivity index (χ1) is 9.69. The standard InChI is InChI=1S/C16H22ClFN2/c1-3-4-5-7-12(2)20-14-9-6-8-13(18)16(14)19-15(20)10-11-17/h6,8-9,12H,3-5,7,10-11H2,1-2H3. The molecular weight excluding hydrogens is 275 g/mol. The Morgan fingerprint density at radius 3 is 2.85 bits per heavy atom. The molecule has 0 radical (unpaired) electrons. The van der Waals surface area contributed by atoms with Gasteiger partial charge in [-0.1, -0.05) is 32.3 Å². The minimum atomic E-state index is -0.252. The predicted molar refractivity (Wildman–Crippen MR) is 83.0 cm³/mol. The van der Waals surface area contributed by atoms with Crippen molar-refractivity contribution in [3.63, 3.8) is 0 Å². The minimum absolute atomic E-state index is 0.252. The summed E-state index contributed by atoms with van der Waals surface area (Å²) in [6.07, 6.45) is 5.39. The summed E-state index contributed by atoms with van der Waals surface area (Å²) in [4.78, 5) is 4.45. The van der Waals surface area contributed by atoms with Crippen LogP contribution in [-0.2, 0) is 6.42 Å². The summed E-state index contributed by atoms with van der Waals surface area (Å²) < 4.78 is 16.0. The van der Waals surface area contributed by atoms with Crippen LogP contribution in [0.1, 0.15) is 51.4 Å². The molecule has 1 atom stereocenters. The molecule has 1 aromatic carbocycles. The lowest BCUT2D eigenvalue weighted by Gasteiger charge is -2.17. The molecule has 1 aromatic heterocycles. The lowest BCUT2D eigenvalue weighted by atomic mass is 10.1. The molecule has 0 saturated heterocycles. The molecule has 2 nitrogen and oxygen atoms in total. The Morgan fingerprint density at radius 2 is 2.15 bits per heavy atom. The number of hydrogen-bond donors (Lipinski definition) is 0. The van der Waals surface area contributed by atoms with Crippen LogP contribution in [0.2, 0.25) is 0 Å². The van der Waals surface area contributed by atoms with E-state index in [9.17, 15) is 4.39 Å². The van der Waals surface area contributed by atoms with Gasteiger partial charge in [0.25, 0.3) is 0 Å². The van der Waals surface area contributed by atoms with Gasteiger partial charge in [-0.2, -0.15) is 0 Å². The Kier molecular flexibility index (Phi) is 5.41. The third-order valence-electron chi connectivity index (χ3n) is 3.73. The SMILES string of the molecule is CCCCCC(C)n1c(CCCl)nc2c(F)cccc21. The Morgan fingerprint density at radius 1 is 1.35 bits per heavy atom. The highest BCUT2D eigenvalue weighted by atomic mass is 35.5. The van der Waals surface area contributed by atoms with E-state index in [1.54, 1.807) is 6.07 Å². The van der Waals surface area contributed by atoms with Gasteiger partial charge in [-0.15, -0.1) is 11.6 Å². The molecule has 1 unspecified atom stereocenters. The number of benzene rings is 1. The Hall–Kier alpha value is -1.09. The Balaban J connectivity index is 2.37. The number of para-hydroxylation sites is 1. The zero-order valence-corrected chi connectivity index (χ0v) is 13.0. The molecule has 0 aliphatic carbocycles. The number of aryl methyl sites for hydroxylation is 1. The first-order valence-electron chi connectivity index (χ1n) is 7.40. The van der Waals surface area contributed by atoms with E-state index in [2.05, 4.69) is 23.4 Å². The molecule has 20 heavy (non-hydrogen) atoms. The van der Waals surface area contributed by atoms with E-state index in [0.29, 0.717) is 23.9 Å². The van der Waals surface area contributed by atoms with Crippen molar-refractivity contribution in [1.82, 2.24) is 9.55 Å². The van der Waals surface area contributed by atoms with Crippen LogP contribution in [0.4, 0.5) is 4.39 Å². The number of imidazole rings is 1. The maximum Gasteiger partial charge on any atom is 0.151 e. The van der Waals surface area contributed by atoms with Crippen molar-refractivity contribution in [3.05, 3.63) is 29.8 Å².